The van der Waals surface area contributed by atoms with E-state index in [0.717, 1.165) is 24.5 Å². The van der Waals surface area contributed by atoms with Crippen LogP contribution in [0.4, 0.5) is 0 Å². The van der Waals surface area contributed by atoms with Crippen LogP contribution in [0.15, 0.2) is 23.4 Å². The highest BCUT2D eigenvalue weighted by molar-refractivity contribution is 6.81. The summed E-state index contributed by atoms with van der Waals surface area (Å²) in [5.41, 5.74) is 0. The molecule has 0 radical (unpaired) electrons. The molecule has 1 atom stereocenters. The first kappa shape index (κ1) is 42.4. The second-order valence-corrected chi connectivity index (χ2v) is 30.0. The molecule has 5 nitrogen and oxygen atoms in total. The topological polar surface area (TPSA) is 61.8 Å². The molecule has 0 rings (SSSR count). The average Bonchev–Trinajstić information content (AvgIpc) is 2.79. The van der Waals surface area contributed by atoms with Crippen LogP contribution in [0, 0.1) is 0 Å². The van der Waals surface area contributed by atoms with Crippen LogP contribution in [0.2, 0.25) is 65.5 Å². The van der Waals surface area contributed by atoms with Crippen LogP contribution >= 0.6 is 0 Å². The summed E-state index contributed by atoms with van der Waals surface area (Å²) >= 11 is 0. The molecule has 0 spiro atoms. The fraction of sp³-hybridized carbons (Fsp3) is 0.812. The lowest BCUT2D eigenvalue weighted by Crippen LogP contribution is -2.39. The zero-order valence-corrected chi connectivity index (χ0v) is 33.4. The van der Waals surface area contributed by atoms with Crippen molar-refractivity contribution in [3.8, 4) is 0 Å². The van der Waals surface area contributed by atoms with E-state index in [1.165, 1.54) is 70.6 Å². The van der Waals surface area contributed by atoms with Crippen molar-refractivity contribution >= 4 is 45.9 Å². The Hall–Kier alpha value is -0.752. The number of unbranched alkanes of at least 4 members (excludes halogenated alkanes) is 12. The summed E-state index contributed by atoms with van der Waals surface area (Å²) in [6, 6.07) is 0. The van der Waals surface area contributed by atoms with Crippen molar-refractivity contribution in [1.82, 2.24) is 0 Å². The molecule has 242 valence electrons. The predicted octanol–water partition coefficient (Wildman–Crippen LogP) is 10.5. The molecule has 0 saturated heterocycles. The van der Waals surface area contributed by atoms with E-state index in [9.17, 15) is 9.59 Å². The highest BCUT2D eigenvalue weighted by Crippen LogP contribution is 2.17. The van der Waals surface area contributed by atoms with Gasteiger partial charge in [0.25, 0.3) is 0 Å². The van der Waals surface area contributed by atoms with Crippen molar-refractivity contribution in [2.24, 2.45) is 0 Å². The smallest absolute Gasteiger partial charge is 0.318 e. The molecule has 0 saturated carbocycles. The Balaban J connectivity index is 0. The summed E-state index contributed by atoms with van der Waals surface area (Å²) < 4.78 is 17.3. The molecule has 0 aliphatic rings. The van der Waals surface area contributed by atoms with E-state index in [1.807, 2.05) is 25.7 Å². The van der Waals surface area contributed by atoms with Crippen LogP contribution in [0.1, 0.15) is 104 Å². The molecule has 0 aromatic heterocycles. The maximum absolute atomic E-state index is 12.6. The summed E-state index contributed by atoms with van der Waals surface area (Å²) in [7, 11) is -6.90. The third-order valence-electron chi connectivity index (χ3n) is 5.91. The van der Waals surface area contributed by atoms with Gasteiger partial charge >= 0.3 is 11.9 Å². The minimum atomic E-state index is -1.87. The van der Waals surface area contributed by atoms with E-state index in [0.29, 0.717) is 0 Å². The highest BCUT2D eigenvalue weighted by atomic mass is 28.4. The molecule has 0 heterocycles. The van der Waals surface area contributed by atoms with Crippen LogP contribution in [0.3, 0.4) is 0 Å². The van der Waals surface area contributed by atoms with E-state index in [4.69, 9.17) is 13.0 Å². The molecule has 0 amide bonds. The van der Waals surface area contributed by atoms with Crippen molar-refractivity contribution in [3.63, 3.8) is 0 Å². The Labute approximate surface area is 260 Å². The van der Waals surface area contributed by atoms with Crippen LogP contribution < -0.4 is 0 Å². The Morgan fingerprint density at radius 3 is 1.49 bits per heavy atom. The first-order valence-electron chi connectivity index (χ1n) is 16.4. The molecule has 0 aliphatic heterocycles. The summed E-state index contributed by atoms with van der Waals surface area (Å²) in [5.74, 6) is -0.285. The van der Waals surface area contributed by atoms with Crippen LogP contribution in [-0.2, 0) is 22.6 Å². The van der Waals surface area contributed by atoms with E-state index < -0.39 is 34.0 Å². The van der Waals surface area contributed by atoms with Gasteiger partial charge in [0.2, 0.25) is 16.6 Å². The quantitative estimate of drug-likeness (QED) is 0.0707. The van der Waals surface area contributed by atoms with E-state index in [2.05, 4.69) is 65.8 Å². The monoisotopic (exact) mass is 644 g/mol. The van der Waals surface area contributed by atoms with Gasteiger partial charge in [0.15, 0.2) is 17.4 Å². The van der Waals surface area contributed by atoms with Gasteiger partial charge in [-0.25, -0.2) is 9.59 Å². The van der Waals surface area contributed by atoms with E-state index >= 15 is 0 Å². The van der Waals surface area contributed by atoms with Gasteiger partial charge in [-0.15, -0.1) is 0 Å². The SMILES string of the molecule is CCCCCCCCC=C(C(=O)O[Si](C)(C)C)[SiH](C)O[Si](C)(C)C.CCCCCCCCC=CC(=O)O[Si](C)(C)C. The van der Waals surface area contributed by atoms with Gasteiger partial charge in [-0.05, 0) is 91.2 Å². The number of hydrogen-bond acceptors (Lipinski definition) is 5. The third kappa shape index (κ3) is 32.0. The van der Waals surface area contributed by atoms with Crippen LogP contribution in [-0.4, -0.2) is 45.9 Å². The third-order valence-corrected chi connectivity index (χ3v) is 13.1. The Kier molecular flexibility index (Phi) is 24.5. The molecule has 0 aliphatic carbocycles. The van der Waals surface area contributed by atoms with Gasteiger partial charge in [-0.2, -0.15) is 0 Å². The Morgan fingerprint density at radius 1 is 0.610 bits per heavy atom. The van der Waals surface area contributed by atoms with Gasteiger partial charge in [0.05, 0.1) is 0 Å². The molecule has 9 heteroatoms. The fourth-order valence-electron chi connectivity index (χ4n) is 4.09. The highest BCUT2D eigenvalue weighted by Gasteiger charge is 2.29. The first-order valence-corrected chi connectivity index (χ1v) is 28.9. The van der Waals surface area contributed by atoms with Gasteiger partial charge in [0.1, 0.15) is 0 Å². The number of hydrogen-bond donors (Lipinski definition) is 0. The van der Waals surface area contributed by atoms with Gasteiger partial charge < -0.3 is 13.0 Å². The van der Waals surface area contributed by atoms with Crippen LogP contribution in [0.25, 0.3) is 0 Å². The zero-order chi connectivity index (χ0) is 32.0. The summed E-state index contributed by atoms with van der Waals surface area (Å²) in [6.07, 6.45) is 23.0. The van der Waals surface area contributed by atoms with Gasteiger partial charge in [-0.1, -0.05) is 90.2 Å². The second-order valence-electron chi connectivity index (χ2n) is 14.1. The van der Waals surface area contributed by atoms with Crippen molar-refractivity contribution in [3.05, 3.63) is 23.4 Å². The molecule has 41 heavy (non-hydrogen) atoms. The second kappa shape index (κ2) is 23.7. The van der Waals surface area contributed by atoms with Crippen molar-refractivity contribution < 1.29 is 22.6 Å². The van der Waals surface area contributed by atoms with E-state index in [1.54, 1.807) is 6.08 Å². The molecule has 0 fully saturated rings. The zero-order valence-electron chi connectivity index (χ0n) is 29.3. The number of allylic oxidation sites excluding steroid dienone is 2. The summed E-state index contributed by atoms with van der Waals surface area (Å²) in [6.45, 7) is 25.4. The molecule has 0 aromatic rings. The largest absolute Gasteiger partial charge is 0.517 e. The predicted molar refractivity (Wildman–Crippen MR) is 190 cm³/mol. The summed E-state index contributed by atoms with van der Waals surface area (Å²) in [4.78, 5) is 24.0. The number of carbonyl (C=O) groups is 2. The Morgan fingerprint density at radius 2 is 1.05 bits per heavy atom. The molecule has 1 unspecified atom stereocenters. The maximum atomic E-state index is 12.6. The summed E-state index contributed by atoms with van der Waals surface area (Å²) in [5, 5.41) is 0.855. The number of rotatable bonds is 21. The molecular formula is C32H68O5Si4. The lowest BCUT2D eigenvalue weighted by molar-refractivity contribution is -0.131. The normalized spacial score (nSPS) is 13.5. The lowest BCUT2D eigenvalue weighted by Gasteiger charge is -2.26. The average molecular weight is 645 g/mol. The molecular weight excluding hydrogens is 577 g/mol. The minimum absolute atomic E-state index is 0.113. The van der Waals surface area contributed by atoms with Gasteiger partial charge in [-0.3, -0.25) is 0 Å². The van der Waals surface area contributed by atoms with Crippen molar-refractivity contribution in [2.45, 2.75) is 169 Å². The Bertz CT molecular complexity index is 747. The van der Waals surface area contributed by atoms with Gasteiger partial charge in [0, 0.05) is 11.3 Å². The molecule has 0 bridgehead atoms. The van der Waals surface area contributed by atoms with Crippen LogP contribution in [0.5, 0.6) is 0 Å². The first-order chi connectivity index (χ1) is 18.9. The van der Waals surface area contributed by atoms with Crippen molar-refractivity contribution in [2.75, 3.05) is 0 Å². The lowest BCUT2D eigenvalue weighted by atomic mass is 10.1. The van der Waals surface area contributed by atoms with E-state index in [-0.39, 0.29) is 11.9 Å². The number of carbonyl (C=O) groups excluding carboxylic acids is 2. The standard InChI is InChI=1S/C18H40O3Si3.C14H28O2Si/c1-9-10-11-12-13-14-15-16-17(18(19)20-23(3,4)5)22(2)21-24(6,7)8;1-5-6-7-8-9-10-11-12-13-14(15)16-17(2,3)4/h16,22H,9-15H2,1-8H3;12-13H,5-11H2,1-4H3. The molecule has 0 aromatic carbocycles. The fourth-order valence-corrected chi connectivity index (χ4v) is 11.2. The maximum Gasteiger partial charge on any atom is 0.318 e. The van der Waals surface area contributed by atoms with Crippen molar-refractivity contribution in [1.29, 1.82) is 0 Å². The molecule has 0 N–H and O–H groups in total. The minimum Gasteiger partial charge on any atom is -0.517 e.